The summed E-state index contributed by atoms with van der Waals surface area (Å²) >= 11 is 10.7. The smallest absolute Gasteiger partial charge is 0.215 e. The van der Waals surface area contributed by atoms with Crippen molar-refractivity contribution < 1.29 is 4.79 Å². The summed E-state index contributed by atoms with van der Waals surface area (Å²) in [5.74, 6) is -0.457. The molecule has 51 valence electrons. The molecule has 0 saturated heterocycles. The fourth-order valence-corrected chi connectivity index (χ4v) is 1.02. The van der Waals surface area contributed by atoms with Crippen molar-refractivity contribution in [1.29, 1.82) is 0 Å². The van der Waals surface area contributed by atoms with Crippen LogP contribution in [0.3, 0.4) is 0 Å². The number of carbonyl (C=O) groups excluding carboxylic acids is 1. The van der Waals surface area contributed by atoms with Crippen LogP contribution in [0.2, 0.25) is 0 Å². The van der Waals surface area contributed by atoms with Crippen molar-refractivity contribution in [3.8, 4) is 0 Å². The number of allylic oxidation sites excluding steroid dienone is 4. The molecule has 0 aromatic heterocycles. The molecule has 1 rings (SSSR count). The minimum absolute atomic E-state index is 0.0648. The van der Waals surface area contributed by atoms with E-state index in [0.717, 1.165) is 12.2 Å². The lowest BCUT2D eigenvalue weighted by Crippen LogP contribution is -2.07. The van der Waals surface area contributed by atoms with E-state index in [1.54, 1.807) is 0 Å². The van der Waals surface area contributed by atoms with Gasteiger partial charge in [0.05, 0.1) is 15.8 Å². The van der Waals surface area contributed by atoms with Crippen LogP contribution in [0, 0.1) is 0 Å². The van der Waals surface area contributed by atoms with Gasteiger partial charge in [0.2, 0.25) is 5.78 Å². The Hall–Kier alpha value is -0.600. The molecule has 0 N–H and O–H groups in total. The van der Waals surface area contributed by atoms with E-state index in [1.807, 2.05) is 0 Å². The maximum atomic E-state index is 10.7. The molecule has 0 aromatic carbocycles. The van der Waals surface area contributed by atoms with Gasteiger partial charge in [0, 0.05) is 0 Å². The molecular weight excluding hydrogens is 173 g/mol. The lowest BCUT2D eigenvalue weighted by atomic mass is 10.1. The highest BCUT2D eigenvalue weighted by atomic mass is 35.5. The minimum Gasteiger partial charge on any atom is -0.287 e. The predicted octanol–water partition coefficient (Wildman–Crippen LogP) is 1.06. The molecule has 1 aliphatic carbocycles. The Labute approximate surface area is 67.6 Å². The van der Waals surface area contributed by atoms with Crippen LogP contribution in [-0.2, 0) is 4.79 Å². The van der Waals surface area contributed by atoms with E-state index in [1.165, 1.54) is 0 Å². The van der Waals surface area contributed by atoms with Gasteiger partial charge in [-0.15, -0.1) is 0 Å². The van der Waals surface area contributed by atoms with Crippen LogP contribution in [0.1, 0.15) is 0 Å². The molecule has 0 amide bonds. The third-order valence-electron chi connectivity index (χ3n) is 0.983. The number of hydrogen-bond acceptors (Lipinski definition) is 1. The Balaban J connectivity index is 3.05. The van der Waals surface area contributed by atoms with Gasteiger partial charge in [-0.2, -0.15) is 5.41 Å². The standard InChI is InChI=1S/C6H2Cl2NO/c7-4-1-3(9)2-5(8)6(4)10/h1-2H. The SMILES string of the molecule is [N]=C1C=C(Cl)C(=O)C(Cl)=C1. The summed E-state index contributed by atoms with van der Waals surface area (Å²) < 4.78 is 0. The van der Waals surface area contributed by atoms with Crippen molar-refractivity contribution in [2.45, 2.75) is 0 Å². The van der Waals surface area contributed by atoms with Crippen LogP contribution in [0.4, 0.5) is 0 Å². The first-order valence-corrected chi connectivity index (χ1v) is 3.22. The van der Waals surface area contributed by atoms with Gasteiger partial charge in [0.1, 0.15) is 0 Å². The molecule has 0 atom stereocenters. The van der Waals surface area contributed by atoms with Crippen LogP contribution in [0.5, 0.6) is 0 Å². The summed E-state index contributed by atoms with van der Waals surface area (Å²) in [6.45, 7) is 0. The Morgan fingerprint density at radius 2 is 1.60 bits per heavy atom. The molecule has 1 radical (unpaired) electrons. The van der Waals surface area contributed by atoms with Gasteiger partial charge in [-0.1, -0.05) is 23.2 Å². The zero-order valence-electron chi connectivity index (χ0n) is 4.77. The fraction of sp³-hybridized carbons (Fsp3) is 0. The van der Waals surface area contributed by atoms with E-state index in [9.17, 15) is 4.79 Å². The normalized spacial score (nSPS) is 18.6. The number of ketones is 1. The van der Waals surface area contributed by atoms with E-state index in [2.05, 4.69) is 0 Å². The molecule has 0 bridgehead atoms. The molecular formula is C6H2Cl2NO. The second-order valence-corrected chi connectivity index (χ2v) is 2.55. The van der Waals surface area contributed by atoms with E-state index >= 15 is 0 Å². The predicted molar refractivity (Wildman–Crippen MR) is 40.0 cm³/mol. The molecule has 0 fully saturated rings. The highest BCUT2D eigenvalue weighted by molar-refractivity contribution is 6.57. The molecule has 0 heterocycles. The van der Waals surface area contributed by atoms with E-state index in [0.29, 0.717) is 0 Å². The van der Waals surface area contributed by atoms with Gasteiger partial charge in [-0.05, 0) is 12.2 Å². The number of carbonyl (C=O) groups is 1. The molecule has 4 heteroatoms. The monoisotopic (exact) mass is 174 g/mol. The quantitative estimate of drug-likeness (QED) is 0.507. The zero-order chi connectivity index (χ0) is 7.72. The van der Waals surface area contributed by atoms with Gasteiger partial charge in [0.25, 0.3) is 0 Å². The lowest BCUT2D eigenvalue weighted by Gasteiger charge is -2.01. The van der Waals surface area contributed by atoms with Crippen molar-refractivity contribution in [2.24, 2.45) is 0 Å². The topological polar surface area (TPSA) is 39.4 Å². The van der Waals surface area contributed by atoms with Crippen molar-refractivity contribution in [3.05, 3.63) is 22.2 Å². The summed E-state index contributed by atoms with van der Waals surface area (Å²) in [7, 11) is 0. The van der Waals surface area contributed by atoms with Crippen molar-refractivity contribution >= 4 is 34.7 Å². The molecule has 0 aromatic rings. The highest BCUT2D eigenvalue weighted by Crippen LogP contribution is 2.17. The first kappa shape index (κ1) is 7.51. The van der Waals surface area contributed by atoms with E-state index in [4.69, 9.17) is 28.6 Å². The first-order chi connectivity index (χ1) is 4.61. The summed E-state index contributed by atoms with van der Waals surface area (Å²) in [6.07, 6.45) is 2.30. The van der Waals surface area contributed by atoms with Crippen LogP contribution in [0.25, 0.3) is 0 Å². The van der Waals surface area contributed by atoms with Gasteiger partial charge in [0.15, 0.2) is 0 Å². The van der Waals surface area contributed by atoms with Crippen molar-refractivity contribution in [3.63, 3.8) is 0 Å². The number of Topliss-reactive ketones (excluding diaryl/α,β-unsaturated/α-hetero) is 1. The fourth-order valence-electron chi connectivity index (χ4n) is 0.547. The molecule has 0 aliphatic heterocycles. The number of nitrogens with zero attached hydrogens (tertiary/aromatic N) is 1. The number of rotatable bonds is 0. The zero-order valence-corrected chi connectivity index (χ0v) is 6.28. The van der Waals surface area contributed by atoms with Gasteiger partial charge >= 0.3 is 0 Å². The van der Waals surface area contributed by atoms with E-state index < -0.39 is 5.78 Å². The minimum atomic E-state index is -0.457. The molecule has 10 heavy (non-hydrogen) atoms. The second kappa shape index (κ2) is 2.56. The Kier molecular flexibility index (Phi) is 1.92. The molecule has 2 nitrogen and oxygen atoms in total. The maximum Gasteiger partial charge on any atom is 0.215 e. The van der Waals surface area contributed by atoms with Crippen LogP contribution in [-0.4, -0.2) is 11.5 Å². The third kappa shape index (κ3) is 1.28. The maximum absolute atomic E-state index is 10.7. The van der Waals surface area contributed by atoms with Crippen LogP contribution in [0.15, 0.2) is 22.2 Å². The van der Waals surface area contributed by atoms with Gasteiger partial charge in [-0.3, -0.25) is 4.79 Å². The molecule has 1 aliphatic rings. The molecule has 0 saturated carbocycles. The van der Waals surface area contributed by atoms with Crippen LogP contribution < -0.4 is 5.41 Å². The number of halogens is 2. The average Bonchev–Trinajstić information content (AvgIpc) is 1.82. The summed E-state index contributed by atoms with van der Waals surface area (Å²) in [4.78, 5) is 10.7. The number of hydrogen-bond donors (Lipinski definition) is 0. The van der Waals surface area contributed by atoms with Crippen LogP contribution >= 0.6 is 23.2 Å². The third-order valence-corrected chi connectivity index (χ3v) is 1.54. The summed E-state index contributed by atoms with van der Waals surface area (Å²) in [5.41, 5.74) is -0.102. The Bertz CT molecular complexity index is 241. The Morgan fingerprint density at radius 1 is 1.20 bits per heavy atom. The first-order valence-electron chi connectivity index (χ1n) is 2.46. The average molecular weight is 175 g/mol. The van der Waals surface area contributed by atoms with E-state index in [-0.39, 0.29) is 15.8 Å². The summed E-state index contributed by atoms with van der Waals surface area (Å²) in [6, 6.07) is 0. The molecule has 0 unspecified atom stereocenters. The lowest BCUT2D eigenvalue weighted by molar-refractivity contribution is -0.111. The largest absolute Gasteiger partial charge is 0.287 e. The Morgan fingerprint density at radius 3 is 2.00 bits per heavy atom. The van der Waals surface area contributed by atoms with Crippen molar-refractivity contribution in [1.82, 2.24) is 5.41 Å². The van der Waals surface area contributed by atoms with Gasteiger partial charge < -0.3 is 0 Å². The van der Waals surface area contributed by atoms with Gasteiger partial charge in [-0.25, -0.2) is 0 Å². The van der Waals surface area contributed by atoms with Crippen molar-refractivity contribution in [2.75, 3.05) is 0 Å². The summed E-state index contributed by atoms with van der Waals surface area (Å²) in [5, 5.41) is 8.68. The second-order valence-electron chi connectivity index (χ2n) is 1.74. The molecule has 0 spiro atoms. The highest BCUT2D eigenvalue weighted by Gasteiger charge is 2.16.